The van der Waals surface area contributed by atoms with E-state index < -0.39 is 29.4 Å². The summed E-state index contributed by atoms with van der Waals surface area (Å²) in [5, 5.41) is 11.3. The van der Waals surface area contributed by atoms with Gasteiger partial charge in [-0.15, -0.1) is 0 Å². The molecule has 0 aromatic carbocycles. The summed E-state index contributed by atoms with van der Waals surface area (Å²) in [5.41, 5.74) is 17.3. The van der Waals surface area contributed by atoms with Gasteiger partial charge in [0.2, 0.25) is 11.7 Å². The topological polar surface area (TPSA) is 172 Å². The van der Waals surface area contributed by atoms with Gasteiger partial charge in [-0.2, -0.15) is 4.79 Å². The molecule has 0 bridgehead atoms. The smallest absolute Gasteiger partial charge is 0.344 e. The van der Waals surface area contributed by atoms with Crippen LogP contribution in [-0.2, 0) is 14.4 Å². The predicted molar refractivity (Wildman–Crippen MR) is 74.1 cm³/mol. The van der Waals surface area contributed by atoms with Crippen molar-refractivity contribution in [2.75, 3.05) is 0 Å². The first-order valence-electron chi connectivity index (χ1n) is 6.42. The summed E-state index contributed by atoms with van der Waals surface area (Å²) in [5.74, 6) is -2.64. The van der Waals surface area contributed by atoms with Crippen LogP contribution in [0.5, 0.6) is 0 Å². The third-order valence-corrected chi connectivity index (χ3v) is 2.76. The highest BCUT2D eigenvalue weighted by Gasteiger charge is 2.37. The van der Waals surface area contributed by atoms with Gasteiger partial charge < -0.3 is 21.7 Å². The van der Waals surface area contributed by atoms with Crippen molar-refractivity contribution in [3.8, 4) is 0 Å². The minimum atomic E-state index is -2.11. The molecule has 0 spiro atoms. The summed E-state index contributed by atoms with van der Waals surface area (Å²) >= 11 is 0. The summed E-state index contributed by atoms with van der Waals surface area (Å²) in [6, 6.07) is -0.887. The molecule has 2 atom stereocenters. The lowest BCUT2D eigenvalue weighted by Crippen LogP contribution is -2.64. The van der Waals surface area contributed by atoms with Crippen molar-refractivity contribution in [3.05, 3.63) is 5.53 Å². The Balaban J connectivity index is 4.80. The number of hydrogen-bond acceptors (Lipinski definition) is 5. The van der Waals surface area contributed by atoms with Crippen LogP contribution in [0.4, 0.5) is 0 Å². The van der Waals surface area contributed by atoms with Crippen LogP contribution in [-0.4, -0.2) is 45.5 Å². The average Bonchev–Trinajstić information content (AvgIpc) is 2.35. The number of rotatable bonds is 9. The van der Waals surface area contributed by atoms with Gasteiger partial charge in [0, 0.05) is 12.8 Å². The molecule has 0 aliphatic rings. The van der Waals surface area contributed by atoms with Gasteiger partial charge in [-0.3, -0.25) is 15.3 Å². The number of hydrogen-bond donors (Lipinski definition) is 4. The van der Waals surface area contributed by atoms with Crippen LogP contribution in [0, 0.1) is 5.92 Å². The molecule has 118 valence electrons. The van der Waals surface area contributed by atoms with E-state index in [-0.39, 0.29) is 18.8 Å². The van der Waals surface area contributed by atoms with Gasteiger partial charge in [-0.25, -0.2) is 4.79 Å². The molecule has 0 rings (SSSR count). The fraction of sp³-hybridized carbons (Fsp3) is 0.667. The molecule has 9 nitrogen and oxygen atoms in total. The van der Waals surface area contributed by atoms with Crippen molar-refractivity contribution in [1.82, 2.24) is 5.32 Å². The first-order valence-corrected chi connectivity index (χ1v) is 6.42. The lowest BCUT2D eigenvalue weighted by atomic mass is 10.00. The highest BCUT2D eigenvalue weighted by molar-refractivity contribution is 6.25. The van der Waals surface area contributed by atoms with Gasteiger partial charge in [0.1, 0.15) is 0 Å². The second kappa shape index (κ2) is 8.25. The Morgan fingerprint density at radius 3 is 2.43 bits per heavy atom. The fourth-order valence-corrected chi connectivity index (χ4v) is 1.60. The number of aliphatic carboxylic acids is 1. The van der Waals surface area contributed by atoms with E-state index in [4.69, 9.17) is 22.1 Å². The number of nitrogens with two attached hydrogens (primary N) is 2. The number of Topliss-reactive ketones (excluding diaryl/α,β-unsaturated/α-hetero) is 1. The molecule has 0 aliphatic heterocycles. The quantitative estimate of drug-likeness (QED) is 0.181. The van der Waals surface area contributed by atoms with Gasteiger partial charge in [0.05, 0.1) is 6.04 Å². The number of nitrogens with zero attached hydrogens (tertiary/aromatic N) is 2. The second-order valence-electron chi connectivity index (χ2n) is 5.21. The van der Waals surface area contributed by atoms with Gasteiger partial charge in [0.25, 0.3) is 0 Å². The van der Waals surface area contributed by atoms with Crippen LogP contribution in [0.15, 0.2) is 0 Å². The lowest BCUT2D eigenvalue weighted by Gasteiger charge is -2.27. The van der Waals surface area contributed by atoms with E-state index in [2.05, 4.69) is 10.1 Å². The maximum atomic E-state index is 11.8. The van der Waals surface area contributed by atoms with E-state index in [0.717, 1.165) is 0 Å². The van der Waals surface area contributed by atoms with Crippen molar-refractivity contribution >= 4 is 23.9 Å². The SMILES string of the molecule is CC(C)CC(N)C(=O)N[C@](N)(CCC(=O)C=[N+]=[N-])C(=O)O. The third kappa shape index (κ3) is 6.75. The Morgan fingerprint density at radius 2 is 2.00 bits per heavy atom. The van der Waals surface area contributed by atoms with Crippen molar-refractivity contribution in [1.29, 1.82) is 0 Å². The summed E-state index contributed by atoms with van der Waals surface area (Å²) in [7, 11) is 0. The molecular formula is C12H21N5O4. The van der Waals surface area contributed by atoms with Crippen LogP contribution in [0.1, 0.15) is 33.1 Å². The predicted octanol–water partition coefficient (Wildman–Crippen LogP) is -1.13. The lowest BCUT2D eigenvalue weighted by molar-refractivity contribution is -0.148. The second-order valence-corrected chi connectivity index (χ2v) is 5.21. The van der Waals surface area contributed by atoms with Gasteiger partial charge in [-0.1, -0.05) is 13.8 Å². The van der Waals surface area contributed by atoms with Crippen LogP contribution >= 0.6 is 0 Å². The summed E-state index contributed by atoms with van der Waals surface area (Å²) in [4.78, 5) is 36.8. The number of carboxylic acid groups (broad SMARTS) is 1. The Kier molecular flexibility index (Phi) is 7.43. The van der Waals surface area contributed by atoms with E-state index in [1.165, 1.54) is 0 Å². The molecule has 21 heavy (non-hydrogen) atoms. The first kappa shape index (κ1) is 18.9. The summed E-state index contributed by atoms with van der Waals surface area (Å²) in [6.45, 7) is 3.74. The number of carboxylic acids is 1. The highest BCUT2D eigenvalue weighted by atomic mass is 16.4. The van der Waals surface area contributed by atoms with Crippen LogP contribution in [0.25, 0.3) is 5.53 Å². The average molecular weight is 299 g/mol. The Bertz CT molecular complexity index is 459. The molecule has 0 saturated heterocycles. The van der Waals surface area contributed by atoms with Gasteiger partial charge >= 0.3 is 12.2 Å². The minimum Gasteiger partial charge on any atom is -0.478 e. The maximum Gasteiger partial charge on any atom is 0.344 e. The molecule has 0 saturated carbocycles. The summed E-state index contributed by atoms with van der Waals surface area (Å²) in [6.07, 6.45) is 0.353. The Hall–Kier alpha value is -2.09. The maximum absolute atomic E-state index is 11.8. The third-order valence-electron chi connectivity index (χ3n) is 2.76. The molecule has 0 heterocycles. The van der Waals surface area contributed by atoms with Crippen molar-refractivity contribution in [2.24, 2.45) is 17.4 Å². The van der Waals surface area contributed by atoms with Gasteiger partial charge in [-0.05, 0) is 12.3 Å². The molecule has 9 heteroatoms. The van der Waals surface area contributed by atoms with E-state index in [1.54, 1.807) is 0 Å². The molecule has 0 fully saturated rings. The fourth-order valence-electron chi connectivity index (χ4n) is 1.60. The van der Waals surface area contributed by atoms with Crippen LogP contribution in [0.3, 0.4) is 0 Å². The standard InChI is InChI=1S/C12H21N5O4/c1-7(2)5-9(13)10(19)17-12(14,11(20)21)4-3-8(18)6-16-15/h6-7,9H,3-5,13-14H2,1-2H3,(H,17,19)(H,20,21)/t9?,12-/m1/s1. The first-order chi connectivity index (χ1) is 9.62. The number of carbonyl (C=O) groups excluding carboxylic acids is 2. The molecule has 1 unspecified atom stereocenters. The van der Waals surface area contributed by atoms with E-state index in [1.807, 2.05) is 13.8 Å². The molecule has 6 N–H and O–H groups in total. The number of amides is 1. The van der Waals surface area contributed by atoms with Crippen LogP contribution < -0.4 is 16.8 Å². The van der Waals surface area contributed by atoms with Crippen molar-refractivity contribution < 1.29 is 24.3 Å². The van der Waals surface area contributed by atoms with E-state index in [9.17, 15) is 14.4 Å². The zero-order chi connectivity index (χ0) is 16.6. The molecular weight excluding hydrogens is 278 g/mol. The van der Waals surface area contributed by atoms with E-state index in [0.29, 0.717) is 12.6 Å². The molecule has 1 amide bonds. The van der Waals surface area contributed by atoms with E-state index >= 15 is 0 Å². The van der Waals surface area contributed by atoms with Gasteiger partial charge in [0.15, 0.2) is 5.66 Å². The monoisotopic (exact) mass is 299 g/mol. The number of nitrogens with one attached hydrogen (secondary N) is 1. The minimum absolute atomic E-state index is 0.157. The summed E-state index contributed by atoms with van der Waals surface area (Å²) < 4.78 is 0. The normalized spacial score (nSPS) is 14.7. The number of ketones is 1. The largest absolute Gasteiger partial charge is 0.478 e. The zero-order valence-corrected chi connectivity index (χ0v) is 12.1. The zero-order valence-electron chi connectivity index (χ0n) is 12.1. The highest BCUT2D eigenvalue weighted by Crippen LogP contribution is 2.09. The number of carbonyl (C=O) groups is 3. The van der Waals surface area contributed by atoms with Crippen LogP contribution in [0.2, 0.25) is 0 Å². The Labute approximate surface area is 122 Å². The molecule has 0 aliphatic carbocycles. The molecule has 0 radical (unpaired) electrons. The molecule has 0 aromatic heterocycles. The Morgan fingerprint density at radius 1 is 1.43 bits per heavy atom. The van der Waals surface area contributed by atoms with Crippen molar-refractivity contribution in [2.45, 2.75) is 44.8 Å². The van der Waals surface area contributed by atoms with Crippen molar-refractivity contribution in [3.63, 3.8) is 0 Å². The molecule has 0 aromatic rings.